The maximum atomic E-state index is 13.0. The van der Waals surface area contributed by atoms with E-state index in [-0.39, 0.29) is 5.69 Å². The van der Waals surface area contributed by atoms with Gasteiger partial charge in [-0.25, -0.2) is 13.2 Å². The van der Waals surface area contributed by atoms with Gasteiger partial charge in [-0.2, -0.15) is 5.26 Å². The smallest absolute Gasteiger partial charge is 0.196 e. The van der Waals surface area contributed by atoms with E-state index in [1.807, 2.05) is 0 Å². The molecule has 0 bridgehead atoms. The largest absolute Gasteiger partial charge is 0.368 e. The molecule has 0 saturated heterocycles. The number of nitrogens with zero attached hydrogens (tertiary/aromatic N) is 1. The van der Waals surface area contributed by atoms with Crippen molar-refractivity contribution in [2.24, 2.45) is 0 Å². The van der Waals surface area contributed by atoms with Crippen LogP contribution in [0.3, 0.4) is 0 Å². The molecule has 0 fully saturated rings. The van der Waals surface area contributed by atoms with E-state index in [1.54, 1.807) is 6.07 Å². The van der Waals surface area contributed by atoms with Gasteiger partial charge >= 0.3 is 0 Å². The topological polar surface area (TPSA) is 35.8 Å². The monoisotopic (exact) mass is 200 g/mol. The third kappa shape index (κ3) is 1.96. The first-order chi connectivity index (χ1) is 6.56. The van der Waals surface area contributed by atoms with Crippen LogP contribution in [0.2, 0.25) is 0 Å². The average Bonchev–Trinajstić information content (AvgIpc) is 2.19. The molecule has 1 atom stereocenters. The fourth-order valence-corrected chi connectivity index (χ4v) is 0.903. The first-order valence-electron chi connectivity index (χ1n) is 3.86. The van der Waals surface area contributed by atoms with Gasteiger partial charge in [0.2, 0.25) is 0 Å². The Morgan fingerprint density at radius 3 is 2.50 bits per heavy atom. The minimum absolute atomic E-state index is 0.224. The zero-order valence-electron chi connectivity index (χ0n) is 7.31. The molecule has 0 amide bonds. The first kappa shape index (κ1) is 10.4. The van der Waals surface area contributed by atoms with E-state index in [2.05, 4.69) is 5.32 Å². The van der Waals surface area contributed by atoms with Crippen LogP contribution in [0.5, 0.6) is 0 Å². The molecule has 0 aliphatic rings. The van der Waals surface area contributed by atoms with Crippen molar-refractivity contribution in [3.63, 3.8) is 0 Å². The highest BCUT2D eigenvalue weighted by molar-refractivity contribution is 5.47. The number of nitrogens with one attached hydrogen (secondary N) is 1. The summed E-state index contributed by atoms with van der Waals surface area (Å²) in [4.78, 5) is 0. The van der Waals surface area contributed by atoms with Gasteiger partial charge in [-0.15, -0.1) is 0 Å². The summed E-state index contributed by atoms with van der Waals surface area (Å²) in [5.74, 6) is -4.11. The Kier molecular flexibility index (Phi) is 2.97. The molecule has 1 unspecified atom stereocenters. The maximum Gasteiger partial charge on any atom is 0.196 e. The van der Waals surface area contributed by atoms with Crippen LogP contribution in [0.15, 0.2) is 12.1 Å². The molecule has 14 heavy (non-hydrogen) atoms. The Balaban J connectivity index is 3.01. The van der Waals surface area contributed by atoms with E-state index in [9.17, 15) is 13.2 Å². The SMILES string of the molecule is CC(C#N)Nc1ccc(F)c(F)c1F. The molecule has 0 aliphatic carbocycles. The Morgan fingerprint density at radius 1 is 1.29 bits per heavy atom. The molecule has 1 aromatic rings. The summed E-state index contributed by atoms with van der Waals surface area (Å²) in [5, 5.41) is 10.8. The van der Waals surface area contributed by atoms with Crippen LogP contribution in [-0.4, -0.2) is 6.04 Å². The molecule has 0 radical (unpaired) electrons. The number of rotatable bonds is 2. The summed E-state index contributed by atoms with van der Waals surface area (Å²) in [6, 6.07) is 2.95. The van der Waals surface area contributed by atoms with Crippen LogP contribution < -0.4 is 5.32 Å². The number of halogens is 3. The van der Waals surface area contributed by atoms with Crippen molar-refractivity contribution in [3.05, 3.63) is 29.6 Å². The lowest BCUT2D eigenvalue weighted by Gasteiger charge is -2.09. The van der Waals surface area contributed by atoms with Crippen LogP contribution in [0.25, 0.3) is 0 Å². The average molecular weight is 200 g/mol. The Labute approximate surface area is 79.0 Å². The molecule has 2 nitrogen and oxygen atoms in total. The molecule has 0 spiro atoms. The summed E-state index contributed by atoms with van der Waals surface area (Å²) < 4.78 is 38.1. The number of hydrogen-bond acceptors (Lipinski definition) is 2. The minimum atomic E-state index is -1.54. The third-order valence-corrected chi connectivity index (χ3v) is 1.60. The molecule has 0 saturated carbocycles. The van der Waals surface area contributed by atoms with E-state index in [0.29, 0.717) is 0 Å². The summed E-state index contributed by atoms with van der Waals surface area (Å²) in [6.07, 6.45) is 0. The van der Waals surface area contributed by atoms with E-state index in [0.717, 1.165) is 12.1 Å². The fraction of sp³-hybridized carbons (Fsp3) is 0.222. The second-order valence-corrected chi connectivity index (χ2v) is 2.72. The van der Waals surface area contributed by atoms with E-state index in [1.165, 1.54) is 6.92 Å². The van der Waals surface area contributed by atoms with E-state index >= 15 is 0 Å². The minimum Gasteiger partial charge on any atom is -0.368 e. The van der Waals surface area contributed by atoms with E-state index < -0.39 is 23.5 Å². The standard InChI is InChI=1S/C9H7F3N2/c1-5(4-13)14-7-3-2-6(10)8(11)9(7)12/h2-3,5,14H,1H3. The second-order valence-electron chi connectivity index (χ2n) is 2.72. The van der Waals surface area contributed by atoms with E-state index in [4.69, 9.17) is 5.26 Å². The van der Waals surface area contributed by atoms with Gasteiger partial charge in [0.25, 0.3) is 0 Å². The van der Waals surface area contributed by atoms with Gasteiger partial charge in [0.05, 0.1) is 11.8 Å². The Hall–Kier alpha value is -1.70. The van der Waals surface area contributed by atoms with Gasteiger partial charge in [0.1, 0.15) is 6.04 Å². The molecule has 0 aromatic heterocycles. The molecule has 74 valence electrons. The first-order valence-corrected chi connectivity index (χ1v) is 3.86. The molecule has 1 aromatic carbocycles. The van der Waals surface area contributed by atoms with Crippen molar-refractivity contribution in [1.29, 1.82) is 5.26 Å². The predicted molar refractivity (Wildman–Crippen MR) is 45.0 cm³/mol. The van der Waals surface area contributed by atoms with Crippen molar-refractivity contribution in [1.82, 2.24) is 0 Å². The maximum absolute atomic E-state index is 13.0. The third-order valence-electron chi connectivity index (χ3n) is 1.60. The lowest BCUT2D eigenvalue weighted by Crippen LogP contribution is -2.14. The number of nitriles is 1. The van der Waals surface area contributed by atoms with Crippen LogP contribution in [0, 0.1) is 28.8 Å². The summed E-state index contributed by atoms with van der Waals surface area (Å²) in [6.45, 7) is 1.47. The van der Waals surface area contributed by atoms with Crippen LogP contribution >= 0.6 is 0 Å². The highest BCUT2D eigenvalue weighted by Gasteiger charge is 2.14. The number of benzene rings is 1. The zero-order valence-corrected chi connectivity index (χ0v) is 7.31. The van der Waals surface area contributed by atoms with Crippen molar-refractivity contribution in [2.45, 2.75) is 13.0 Å². The molecule has 0 aliphatic heterocycles. The van der Waals surface area contributed by atoms with Gasteiger partial charge in [-0.1, -0.05) is 0 Å². The van der Waals surface area contributed by atoms with Crippen LogP contribution in [0.4, 0.5) is 18.9 Å². The van der Waals surface area contributed by atoms with Crippen molar-refractivity contribution in [2.75, 3.05) is 5.32 Å². The predicted octanol–water partition coefficient (Wildman–Crippen LogP) is 2.43. The molecule has 1 N–H and O–H groups in total. The Morgan fingerprint density at radius 2 is 1.93 bits per heavy atom. The van der Waals surface area contributed by atoms with Gasteiger partial charge in [-0.3, -0.25) is 0 Å². The molecule has 5 heteroatoms. The molecule has 0 heterocycles. The number of hydrogen-bond donors (Lipinski definition) is 1. The summed E-state index contributed by atoms with van der Waals surface area (Å²) >= 11 is 0. The van der Waals surface area contributed by atoms with Crippen LogP contribution in [-0.2, 0) is 0 Å². The number of anilines is 1. The quantitative estimate of drug-likeness (QED) is 0.744. The summed E-state index contributed by atoms with van der Waals surface area (Å²) in [7, 11) is 0. The fourth-order valence-electron chi connectivity index (χ4n) is 0.903. The molecular weight excluding hydrogens is 193 g/mol. The van der Waals surface area contributed by atoms with Gasteiger partial charge in [0, 0.05) is 0 Å². The van der Waals surface area contributed by atoms with Gasteiger partial charge in [-0.05, 0) is 19.1 Å². The molecular formula is C9H7F3N2. The molecule has 1 rings (SSSR count). The van der Waals surface area contributed by atoms with Crippen LogP contribution in [0.1, 0.15) is 6.92 Å². The Bertz CT molecular complexity index is 384. The van der Waals surface area contributed by atoms with Crippen molar-refractivity contribution < 1.29 is 13.2 Å². The van der Waals surface area contributed by atoms with Crippen molar-refractivity contribution in [3.8, 4) is 6.07 Å². The summed E-state index contributed by atoms with van der Waals surface area (Å²) in [5.41, 5.74) is -0.224. The highest BCUT2D eigenvalue weighted by atomic mass is 19.2. The zero-order chi connectivity index (χ0) is 10.7. The van der Waals surface area contributed by atoms with Gasteiger partial charge in [0.15, 0.2) is 17.5 Å². The lowest BCUT2D eigenvalue weighted by atomic mass is 10.2. The lowest BCUT2D eigenvalue weighted by molar-refractivity contribution is 0.448. The normalized spacial score (nSPS) is 11.9. The second kappa shape index (κ2) is 4.01. The highest BCUT2D eigenvalue weighted by Crippen LogP contribution is 2.19. The van der Waals surface area contributed by atoms with Gasteiger partial charge < -0.3 is 5.32 Å². The van der Waals surface area contributed by atoms with Crippen molar-refractivity contribution >= 4 is 5.69 Å².